The summed E-state index contributed by atoms with van der Waals surface area (Å²) in [6.45, 7) is 4.51. The largest absolute Gasteiger partial charge is 0.511 e. The normalized spacial score (nSPS) is 21.7. The van der Waals surface area contributed by atoms with Crippen LogP contribution in [0.4, 0.5) is 0 Å². The van der Waals surface area contributed by atoms with Crippen LogP contribution in [-0.4, -0.2) is 17.6 Å². The van der Waals surface area contributed by atoms with Gasteiger partial charge in [0, 0.05) is 6.42 Å². The number of nitriles is 1. The number of carbonyl (C=O) groups excluding carboxylic acids is 1. The summed E-state index contributed by atoms with van der Waals surface area (Å²) >= 11 is 0. The Morgan fingerprint density at radius 1 is 1.43 bits per heavy atom. The molecule has 1 amide bonds. The number of nitrogens with one attached hydrogen (secondary N) is 1. The summed E-state index contributed by atoms with van der Waals surface area (Å²) in [7, 11) is 0. The molecule has 1 atom stereocenters. The summed E-state index contributed by atoms with van der Waals surface area (Å²) in [4.78, 5) is 11.9. The van der Waals surface area contributed by atoms with Crippen LogP contribution in [0, 0.1) is 11.3 Å². The molecular weight excluding hydrogens is 268 g/mol. The van der Waals surface area contributed by atoms with Crippen LogP contribution in [0.1, 0.15) is 32.3 Å². The van der Waals surface area contributed by atoms with Crippen LogP contribution in [0.25, 0.3) is 0 Å². The third-order valence-corrected chi connectivity index (χ3v) is 3.50. The second-order valence-electron chi connectivity index (χ2n) is 5.27. The van der Waals surface area contributed by atoms with Crippen LogP contribution in [0.2, 0.25) is 0 Å². The topological polar surface area (TPSA) is 82.3 Å². The van der Waals surface area contributed by atoms with Gasteiger partial charge in [0.15, 0.2) is 5.57 Å². The van der Waals surface area contributed by atoms with Crippen molar-refractivity contribution < 1.29 is 14.6 Å². The van der Waals surface area contributed by atoms with Crippen LogP contribution in [-0.2, 0) is 10.3 Å². The smallest absolute Gasteiger partial charge is 0.266 e. The lowest BCUT2D eigenvalue weighted by Gasteiger charge is -2.34. The zero-order chi connectivity index (χ0) is 15.5. The number of benzene rings is 1. The highest BCUT2D eigenvalue weighted by atomic mass is 16.5. The maximum Gasteiger partial charge on any atom is 0.266 e. The SMILES string of the molecule is CCCOc1ccc(C2(C)CC(O)=C(C#N)C(=O)N2)cc1. The van der Waals surface area contributed by atoms with E-state index >= 15 is 0 Å². The molecule has 0 aliphatic carbocycles. The van der Waals surface area contributed by atoms with Crippen LogP contribution >= 0.6 is 0 Å². The van der Waals surface area contributed by atoms with E-state index in [2.05, 4.69) is 5.32 Å². The molecule has 5 heteroatoms. The molecule has 5 nitrogen and oxygen atoms in total. The van der Waals surface area contributed by atoms with Gasteiger partial charge >= 0.3 is 0 Å². The van der Waals surface area contributed by atoms with Crippen LogP contribution in [0.15, 0.2) is 35.6 Å². The lowest BCUT2D eigenvalue weighted by Crippen LogP contribution is -2.47. The van der Waals surface area contributed by atoms with Gasteiger partial charge in [-0.3, -0.25) is 4.79 Å². The maximum atomic E-state index is 11.9. The fourth-order valence-corrected chi connectivity index (χ4v) is 2.34. The van der Waals surface area contributed by atoms with Gasteiger partial charge in [0.25, 0.3) is 5.91 Å². The van der Waals surface area contributed by atoms with Crippen molar-refractivity contribution in [3.63, 3.8) is 0 Å². The fourth-order valence-electron chi connectivity index (χ4n) is 2.34. The molecular formula is C16H18N2O3. The number of nitrogens with zero attached hydrogens (tertiary/aromatic N) is 1. The Hall–Kier alpha value is -2.48. The first-order valence-corrected chi connectivity index (χ1v) is 6.88. The van der Waals surface area contributed by atoms with E-state index in [0.717, 1.165) is 17.7 Å². The standard InChI is InChI=1S/C16H18N2O3/c1-3-8-21-12-6-4-11(5-7-12)16(2)9-14(19)13(10-17)15(20)18-16/h4-7,19H,3,8-9H2,1-2H3,(H,18,20). The number of amides is 1. The Morgan fingerprint density at radius 2 is 2.10 bits per heavy atom. The van der Waals surface area contributed by atoms with Crippen molar-refractivity contribution in [1.29, 1.82) is 5.26 Å². The number of aliphatic hydroxyl groups is 1. The molecule has 1 aliphatic heterocycles. The number of aliphatic hydroxyl groups excluding tert-OH is 1. The van der Waals surface area contributed by atoms with Crippen molar-refractivity contribution in [2.45, 2.75) is 32.2 Å². The zero-order valence-corrected chi connectivity index (χ0v) is 12.1. The van der Waals surface area contributed by atoms with Gasteiger partial charge in [-0.1, -0.05) is 19.1 Å². The molecule has 0 spiro atoms. The molecule has 1 unspecified atom stereocenters. The number of carbonyl (C=O) groups is 1. The number of hydrogen-bond donors (Lipinski definition) is 2. The lowest BCUT2D eigenvalue weighted by atomic mass is 9.84. The Kier molecular flexibility index (Phi) is 4.18. The minimum Gasteiger partial charge on any atom is -0.511 e. The Morgan fingerprint density at radius 3 is 2.62 bits per heavy atom. The van der Waals surface area contributed by atoms with E-state index in [1.807, 2.05) is 38.1 Å². The van der Waals surface area contributed by atoms with Crippen LogP contribution in [0.5, 0.6) is 5.75 Å². The first-order valence-electron chi connectivity index (χ1n) is 6.88. The molecule has 0 saturated carbocycles. The average molecular weight is 286 g/mol. The van der Waals surface area contributed by atoms with E-state index in [1.165, 1.54) is 0 Å². The number of rotatable bonds is 4. The minimum absolute atomic E-state index is 0.171. The van der Waals surface area contributed by atoms with Gasteiger partial charge in [0.1, 0.15) is 17.6 Å². The lowest BCUT2D eigenvalue weighted by molar-refractivity contribution is -0.120. The van der Waals surface area contributed by atoms with Crippen molar-refractivity contribution in [3.8, 4) is 11.8 Å². The van der Waals surface area contributed by atoms with E-state index < -0.39 is 11.4 Å². The fraction of sp³-hybridized carbons (Fsp3) is 0.375. The first kappa shape index (κ1) is 14.9. The van der Waals surface area contributed by atoms with Gasteiger partial charge in [-0.05, 0) is 31.0 Å². The van der Waals surface area contributed by atoms with Crippen molar-refractivity contribution >= 4 is 5.91 Å². The predicted molar refractivity (Wildman–Crippen MR) is 77.6 cm³/mol. The monoisotopic (exact) mass is 286 g/mol. The summed E-state index contributed by atoms with van der Waals surface area (Å²) in [6.07, 6.45) is 1.13. The van der Waals surface area contributed by atoms with Crippen molar-refractivity contribution in [2.24, 2.45) is 0 Å². The highest BCUT2D eigenvalue weighted by Crippen LogP contribution is 2.33. The highest BCUT2D eigenvalue weighted by Gasteiger charge is 2.37. The summed E-state index contributed by atoms with van der Waals surface area (Å²) in [5.41, 5.74) is -0.0937. The molecule has 1 heterocycles. The second-order valence-corrected chi connectivity index (χ2v) is 5.27. The quantitative estimate of drug-likeness (QED) is 0.891. The van der Waals surface area contributed by atoms with E-state index in [4.69, 9.17) is 10.00 Å². The Balaban J connectivity index is 2.24. The zero-order valence-electron chi connectivity index (χ0n) is 12.1. The third-order valence-electron chi connectivity index (χ3n) is 3.50. The summed E-state index contributed by atoms with van der Waals surface area (Å²) in [5.74, 6) is 0.0499. The van der Waals surface area contributed by atoms with E-state index in [-0.39, 0.29) is 17.8 Å². The summed E-state index contributed by atoms with van der Waals surface area (Å²) in [5, 5.41) is 21.5. The predicted octanol–water partition coefficient (Wildman–Crippen LogP) is 2.55. The first-order chi connectivity index (χ1) is 10.00. The molecule has 0 fully saturated rings. The molecule has 21 heavy (non-hydrogen) atoms. The molecule has 1 aromatic rings. The van der Waals surface area contributed by atoms with Crippen LogP contribution < -0.4 is 10.1 Å². The molecule has 2 rings (SSSR count). The van der Waals surface area contributed by atoms with Gasteiger partial charge in [-0.25, -0.2) is 0 Å². The third kappa shape index (κ3) is 3.00. The van der Waals surface area contributed by atoms with Gasteiger partial charge < -0.3 is 15.2 Å². The molecule has 0 aromatic heterocycles. The van der Waals surface area contributed by atoms with Gasteiger partial charge in [0.05, 0.1) is 12.1 Å². The summed E-state index contributed by atoms with van der Waals surface area (Å²) in [6, 6.07) is 9.11. The van der Waals surface area contributed by atoms with Crippen molar-refractivity contribution in [3.05, 3.63) is 41.2 Å². The molecule has 0 radical (unpaired) electrons. The van der Waals surface area contributed by atoms with Gasteiger partial charge in [-0.15, -0.1) is 0 Å². The molecule has 0 bridgehead atoms. The van der Waals surface area contributed by atoms with E-state index in [0.29, 0.717) is 6.61 Å². The average Bonchev–Trinajstić information content (AvgIpc) is 2.45. The van der Waals surface area contributed by atoms with Crippen molar-refractivity contribution in [1.82, 2.24) is 5.32 Å². The van der Waals surface area contributed by atoms with Crippen LogP contribution in [0.3, 0.4) is 0 Å². The van der Waals surface area contributed by atoms with E-state index in [9.17, 15) is 9.90 Å². The number of ether oxygens (including phenoxy) is 1. The Bertz CT molecular complexity index is 613. The number of hydrogen-bond acceptors (Lipinski definition) is 4. The molecule has 110 valence electrons. The van der Waals surface area contributed by atoms with Gasteiger partial charge in [0.2, 0.25) is 0 Å². The molecule has 2 N–H and O–H groups in total. The minimum atomic E-state index is -0.731. The Labute approximate surface area is 123 Å². The maximum absolute atomic E-state index is 11.9. The molecule has 1 aliphatic rings. The summed E-state index contributed by atoms with van der Waals surface area (Å²) < 4.78 is 5.52. The van der Waals surface area contributed by atoms with E-state index in [1.54, 1.807) is 6.07 Å². The highest BCUT2D eigenvalue weighted by molar-refractivity contribution is 5.99. The second kappa shape index (κ2) is 5.88. The molecule has 1 aromatic carbocycles. The van der Waals surface area contributed by atoms with Crippen molar-refractivity contribution in [2.75, 3.05) is 6.61 Å². The molecule has 0 saturated heterocycles. The van der Waals surface area contributed by atoms with Gasteiger partial charge in [-0.2, -0.15) is 5.26 Å².